The van der Waals surface area contributed by atoms with Gasteiger partial charge in [0.15, 0.2) is 0 Å². The molecule has 0 bridgehead atoms. The molecule has 1 aromatic carbocycles. The van der Waals surface area contributed by atoms with Crippen LogP contribution in [0.3, 0.4) is 0 Å². The summed E-state index contributed by atoms with van der Waals surface area (Å²) in [7, 11) is 0. The van der Waals surface area contributed by atoms with Gasteiger partial charge in [-0.05, 0) is 38.1 Å². The van der Waals surface area contributed by atoms with E-state index in [2.05, 4.69) is 57.1 Å². The lowest BCUT2D eigenvalue weighted by Gasteiger charge is -2.29. The third kappa shape index (κ3) is 3.90. The molecule has 0 aliphatic carbocycles. The standard InChI is InChI=1S/C15H18BrN3O.C2H6/c1-11-7-12(2)19(17-11)15-9-13(16)8-14(10-15)18-3-5-20-6-4-18;1-2/h7-10H,3-6H2,1-2H3;1-2H3. The topological polar surface area (TPSA) is 30.3 Å². The van der Waals surface area contributed by atoms with Gasteiger partial charge in [0.05, 0.1) is 24.6 Å². The van der Waals surface area contributed by atoms with E-state index in [-0.39, 0.29) is 0 Å². The number of halogens is 1. The summed E-state index contributed by atoms with van der Waals surface area (Å²) in [5, 5.41) is 4.56. The van der Waals surface area contributed by atoms with E-state index < -0.39 is 0 Å². The van der Waals surface area contributed by atoms with Crippen LogP contribution in [0.5, 0.6) is 0 Å². The Labute approximate surface area is 141 Å². The minimum atomic E-state index is 0.793. The molecule has 2 aromatic rings. The zero-order valence-corrected chi connectivity index (χ0v) is 15.4. The molecule has 0 saturated carbocycles. The predicted molar refractivity (Wildman–Crippen MR) is 95.1 cm³/mol. The Morgan fingerprint density at radius 3 is 2.23 bits per heavy atom. The Morgan fingerprint density at radius 1 is 1.00 bits per heavy atom. The number of aryl methyl sites for hydroxylation is 2. The second kappa shape index (κ2) is 7.79. The largest absolute Gasteiger partial charge is 0.378 e. The highest BCUT2D eigenvalue weighted by Gasteiger charge is 2.14. The van der Waals surface area contributed by atoms with Crippen LogP contribution in [-0.4, -0.2) is 36.1 Å². The Kier molecular flexibility index (Phi) is 6.03. The van der Waals surface area contributed by atoms with Gasteiger partial charge < -0.3 is 9.64 Å². The van der Waals surface area contributed by atoms with Crippen LogP contribution < -0.4 is 4.90 Å². The van der Waals surface area contributed by atoms with Gasteiger partial charge in [0, 0.05) is 28.9 Å². The van der Waals surface area contributed by atoms with E-state index in [1.54, 1.807) is 0 Å². The fraction of sp³-hybridized carbons (Fsp3) is 0.471. The molecule has 0 N–H and O–H groups in total. The normalized spacial score (nSPS) is 14.5. The molecular weight excluding hydrogens is 342 g/mol. The van der Waals surface area contributed by atoms with Gasteiger partial charge in [0.1, 0.15) is 0 Å². The summed E-state index contributed by atoms with van der Waals surface area (Å²) >= 11 is 3.61. The highest BCUT2D eigenvalue weighted by molar-refractivity contribution is 9.10. The number of aromatic nitrogens is 2. The number of benzene rings is 1. The zero-order chi connectivity index (χ0) is 16.1. The monoisotopic (exact) mass is 365 g/mol. The van der Waals surface area contributed by atoms with Gasteiger partial charge in [-0.25, -0.2) is 4.68 Å². The van der Waals surface area contributed by atoms with E-state index in [4.69, 9.17) is 4.74 Å². The van der Waals surface area contributed by atoms with Crippen LogP contribution in [0.2, 0.25) is 0 Å². The maximum Gasteiger partial charge on any atom is 0.0680 e. The molecule has 0 spiro atoms. The van der Waals surface area contributed by atoms with E-state index in [9.17, 15) is 0 Å². The average Bonchev–Trinajstić information content (AvgIpc) is 2.88. The van der Waals surface area contributed by atoms with Crippen LogP contribution in [-0.2, 0) is 4.74 Å². The number of nitrogens with zero attached hydrogens (tertiary/aromatic N) is 3. The van der Waals surface area contributed by atoms with Crippen molar-refractivity contribution in [3.05, 3.63) is 40.1 Å². The molecule has 0 radical (unpaired) electrons. The average molecular weight is 366 g/mol. The van der Waals surface area contributed by atoms with Crippen LogP contribution in [0.1, 0.15) is 25.2 Å². The first-order chi connectivity index (χ1) is 10.6. The van der Waals surface area contributed by atoms with Gasteiger partial charge in [-0.15, -0.1) is 0 Å². The van der Waals surface area contributed by atoms with Gasteiger partial charge in [-0.3, -0.25) is 0 Å². The molecule has 2 heterocycles. The van der Waals surface area contributed by atoms with Gasteiger partial charge in [0.2, 0.25) is 0 Å². The quantitative estimate of drug-likeness (QED) is 0.801. The summed E-state index contributed by atoms with van der Waals surface area (Å²) in [4.78, 5) is 2.35. The minimum Gasteiger partial charge on any atom is -0.378 e. The number of anilines is 1. The first-order valence-electron chi connectivity index (χ1n) is 7.80. The molecule has 1 aliphatic heterocycles. The van der Waals surface area contributed by atoms with Crippen LogP contribution >= 0.6 is 15.9 Å². The van der Waals surface area contributed by atoms with Crippen molar-refractivity contribution in [1.29, 1.82) is 0 Å². The number of rotatable bonds is 2. The first-order valence-corrected chi connectivity index (χ1v) is 8.60. The molecule has 120 valence electrons. The number of hydrogen-bond acceptors (Lipinski definition) is 3. The summed E-state index contributed by atoms with van der Waals surface area (Å²) < 4.78 is 8.48. The second-order valence-electron chi connectivity index (χ2n) is 5.11. The molecule has 1 aromatic heterocycles. The molecule has 1 aliphatic rings. The van der Waals surface area contributed by atoms with Gasteiger partial charge in [0.25, 0.3) is 0 Å². The fourth-order valence-electron chi connectivity index (χ4n) is 2.58. The predicted octanol–water partition coefficient (Wildman–Crippen LogP) is 4.11. The molecule has 5 heteroatoms. The van der Waals surface area contributed by atoms with Gasteiger partial charge in [-0.2, -0.15) is 5.10 Å². The molecule has 0 atom stereocenters. The first kappa shape index (κ1) is 17.0. The Morgan fingerprint density at radius 2 is 1.64 bits per heavy atom. The lowest BCUT2D eigenvalue weighted by atomic mass is 10.2. The number of ether oxygens (including phenoxy) is 1. The third-order valence-electron chi connectivity index (χ3n) is 3.50. The summed E-state index contributed by atoms with van der Waals surface area (Å²) in [5.74, 6) is 0. The van der Waals surface area contributed by atoms with Crippen molar-refractivity contribution in [2.24, 2.45) is 0 Å². The van der Waals surface area contributed by atoms with Crippen LogP contribution in [0.4, 0.5) is 5.69 Å². The van der Waals surface area contributed by atoms with Crippen molar-refractivity contribution >= 4 is 21.6 Å². The summed E-state index contributed by atoms with van der Waals surface area (Å²) in [5.41, 5.74) is 4.49. The second-order valence-corrected chi connectivity index (χ2v) is 6.02. The Hall–Kier alpha value is -1.33. The number of hydrogen-bond donors (Lipinski definition) is 0. The van der Waals surface area contributed by atoms with Crippen LogP contribution in [0, 0.1) is 13.8 Å². The van der Waals surface area contributed by atoms with Crippen molar-refractivity contribution in [2.45, 2.75) is 27.7 Å². The lowest BCUT2D eigenvalue weighted by Crippen LogP contribution is -2.36. The van der Waals surface area contributed by atoms with E-state index in [1.165, 1.54) is 5.69 Å². The maximum atomic E-state index is 5.42. The number of morpholine rings is 1. The van der Waals surface area contributed by atoms with E-state index in [0.29, 0.717) is 0 Å². The third-order valence-corrected chi connectivity index (χ3v) is 3.96. The van der Waals surface area contributed by atoms with Crippen molar-refractivity contribution < 1.29 is 4.74 Å². The zero-order valence-electron chi connectivity index (χ0n) is 13.8. The van der Waals surface area contributed by atoms with Crippen molar-refractivity contribution in [1.82, 2.24) is 9.78 Å². The SMILES string of the molecule is CC.Cc1cc(C)n(-c2cc(Br)cc(N3CCOCC3)c2)n1. The van der Waals surface area contributed by atoms with Crippen molar-refractivity contribution in [3.63, 3.8) is 0 Å². The molecular formula is C17H24BrN3O. The van der Waals surface area contributed by atoms with Crippen molar-refractivity contribution in [2.75, 3.05) is 31.2 Å². The molecule has 4 nitrogen and oxygen atoms in total. The van der Waals surface area contributed by atoms with Crippen LogP contribution in [0.25, 0.3) is 5.69 Å². The molecule has 22 heavy (non-hydrogen) atoms. The molecule has 3 rings (SSSR count). The van der Waals surface area contributed by atoms with Crippen LogP contribution in [0.15, 0.2) is 28.7 Å². The maximum absolute atomic E-state index is 5.42. The van der Waals surface area contributed by atoms with E-state index >= 15 is 0 Å². The Balaban J connectivity index is 0.000000847. The molecule has 0 unspecified atom stereocenters. The van der Waals surface area contributed by atoms with E-state index in [0.717, 1.165) is 47.9 Å². The summed E-state index contributed by atoms with van der Waals surface area (Å²) in [6.07, 6.45) is 0. The van der Waals surface area contributed by atoms with E-state index in [1.807, 2.05) is 25.5 Å². The minimum absolute atomic E-state index is 0.793. The molecule has 1 fully saturated rings. The summed E-state index contributed by atoms with van der Waals surface area (Å²) in [6.45, 7) is 11.6. The fourth-order valence-corrected chi connectivity index (χ4v) is 3.04. The lowest BCUT2D eigenvalue weighted by molar-refractivity contribution is 0.122. The highest BCUT2D eigenvalue weighted by atomic mass is 79.9. The highest BCUT2D eigenvalue weighted by Crippen LogP contribution is 2.26. The smallest absolute Gasteiger partial charge is 0.0680 e. The molecule has 0 amide bonds. The van der Waals surface area contributed by atoms with Gasteiger partial charge >= 0.3 is 0 Å². The van der Waals surface area contributed by atoms with Crippen molar-refractivity contribution in [3.8, 4) is 5.69 Å². The van der Waals surface area contributed by atoms with Gasteiger partial charge in [-0.1, -0.05) is 29.8 Å². The Bertz CT molecular complexity index is 618. The summed E-state index contributed by atoms with van der Waals surface area (Å²) in [6, 6.07) is 8.54. The molecule has 1 saturated heterocycles.